The van der Waals surface area contributed by atoms with Crippen LogP contribution < -0.4 is 10.6 Å². The van der Waals surface area contributed by atoms with Crippen molar-refractivity contribution in [1.29, 1.82) is 0 Å². The first-order chi connectivity index (χ1) is 11.1. The van der Waals surface area contributed by atoms with Crippen LogP contribution in [0.1, 0.15) is 31.5 Å². The summed E-state index contributed by atoms with van der Waals surface area (Å²) in [4.78, 5) is 8.76. The highest BCUT2D eigenvalue weighted by Gasteiger charge is 2.07. The van der Waals surface area contributed by atoms with E-state index in [0.717, 1.165) is 36.6 Å². The summed E-state index contributed by atoms with van der Waals surface area (Å²) in [6, 6.07) is 8.58. The molecule has 1 aromatic carbocycles. The molecule has 0 radical (unpaired) electrons. The molecule has 0 bridgehead atoms. The van der Waals surface area contributed by atoms with E-state index in [-0.39, 0.29) is 24.0 Å². The summed E-state index contributed by atoms with van der Waals surface area (Å²) in [6.07, 6.45) is 3.57. The Morgan fingerprint density at radius 3 is 2.62 bits per heavy atom. The van der Waals surface area contributed by atoms with Gasteiger partial charge < -0.3 is 15.1 Å². The topological polar surface area (TPSA) is 62.5 Å². The fourth-order valence-electron chi connectivity index (χ4n) is 2.09. The molecule has 24 heavy (non-hydrogen) atoms. The van der Waals surface area contributed by atoms with Crippen LogP contribution in [0.5, 0.6) is 0 Å². The van der Waals surface area contributed by atoms with E-state index < -0.39 is 0 Å². The lowest BCUT2D eigenvalue weighted by Crippen LogP contribution is -2.42. The molecule has 0 spiro atoms. The molecule has 1 unspecified atom stereocenters. The predicted octanol–water partition coefficient (Wildman–Crippen LogP) is 3.77. The van der Waals surface area contributed by atoms with Crippen LogP contribution in [0.3, 0.4) is 0 Å². The van der Waals surface area contributed by atoms with E-state index in [0.29, 0.717) is 11.9 Å². The van der Waals surface area contributed by atoms with Crippen LogP contribution in [0.4, 0.5) is 0 Å². The third-order valence-electron chi connectivity index (χ3n) is 3.74. The number of hydrogen-bond acceptors (Lipinski definition) is 3. The van der Waals surface area contributed by atoms with Gasteiger partial charge in [0.1, 0.15) is 6.26 Å². The molecule has 0 saturated carbocycles. The number of aryl methyl sites for hydroxylation is 1. The second kappa shape index (κ2) is 10.3. The van der Waals surface area contributed by atoms with Gasteiger partial charge in [0.2, 0.25) is 5.89 Å². The van der Waals surface area contributed by atoms with Crippen molar-refractivity contribution in [3.63, 3.8) is 0 Å². The lowest BCUT2D eigenvalue weighted by atomic mass is 10.1. The first-order valence-electron chi connectivity index (χ1n) is 8.11. The average molecular weight is 442 g/mol. The molecule has 2 rings (SSSR count). The smallest absolute Gasteiger partial charge is 0.226 e. The maximum Gasteiger partial charge on any atom is 0.226 e. The van der Waals surface area contributed by atoms with Crippen molar-refractivity contribution in [2.75, 3.05) is 13.6 Å². The monoisotopic (exact) mass is 442 g/mol. The second-order valence-corrected chi connectivity index (χ2v) is 5.71. The van der Waals surface area contributed by atoms with Gasteiger partial charge in [-0.25, -0.2) is 4.98 Å². The quantitative estimate of drug-likeness (QED) is 0.406. The first kappa shape index (κ1) is 20.5. The van der Waals surface area contributed by atoms with E-state index in [1.807, 2.05) is 12.1 Å². The molecule has 2 aromatic rings. The molecule has 0 amide bonds. The van der Waals surface area contributed by atoms with Crippen molar-refractivity contribution >= 4 is 29.9 Å². The third kappa shape index (κ3) is 6.14. The molecule has 0 aliphatic rings. The Kier molecular flexibility index (Phi) is 8.81. The zero-order valence-electron chi connectivity index (χ0n) is 14.8. The number of hydrogen-bond donors (Lipinski definition) is 2. The van der Waals surface area contributed by atoms with Crippen molar-refractivity contribution in [3.05, 3.63) is 41.8 Å². The maximum atomic E-state index is 5.57. The standard InChI is InChI=1S/C18H26N4O.HI/c1-5-14(3)21-18(19-4)20-11-10-16-12-23-17(22-16)15-8-6-13(2)7-9-15;/h6-9,12,14H,5,10-11H2,1-4H3,(H2,19,20,21);1H. The van der Waals surface area contributed by atoms with Gasteiger partial charge in [-0.3, -0.25) is 4.99 Å². The fourth-order valence-corrected chi connectivity index (χ4v) is 2.09. The molecule has 132 valence electrons. The van der Waals surface area contributed by atoms with Gasteiger partial charge in [0.05, 0.1) is 5.69 Å². The summed E-state index contributed by atoms with van der Waals surface area (Å²) in [5, 5.41) is 6.63. The van der Waals surface area contributed by atoms with E-state index in [2.05, 4.69) is 53.5 Å². The molecule has 1 heterocycles. The van der Waals surface area contributed by atoms with Gasteiger partial charge >= 0.3 is 0 Å². The zero-order valence-corrected chi connectivity index (χ0v) is 17.1. The normalized spacial score (nSPS) is 12.4. The summed E-state index contributed by atoms with van der Waals surface area (Å²) in [6.45, 7) is 7.11. The molecular weight excluding hydrogens is 415 g/mol. The highest BCUT2D eigenvalue weighted by molar-refractivity contribution is 14.0. The number of oxazole rings is 1. The lowest BCUT2D eigenvalue weighted by molar-refractivity contribution is 0.572. The Labute approximate surface area is 161 Å². The van der Waals surface area contributed by atoms with Crippen LogP contribution in [0.25, 0.3) is 11.5 Å². The van der Waals surface area contributed by atoms with Crippen LogP contribution in [0.2, 0.25) is 0 Å². The molecule has 2 N–H and O–H groups in total. The summed E-state index contributed by atoms with van der Waals surface area (Å²) < 4.78 is 5.57. The van der Waals surface area contributed by atoms with Crippen LogP contribution in [0, 0.1) is 6.92 Å². The Bertz CT molecular complexity index is 637. The first-order valence-corrected chi connectivity index (χ1v) is 8.11. The van der Waals surface area contributed by atoms with Crippen LogP contribution >= 0.6 is 24.0 Å². The SMILES string of the molecule is CCC(C)NC(=NC)NCCc1coc(-c2ccc(C)cc2)n1.I. The van der Waals surface area contributed by atoms with Gasteiger partial charge in [0.25, 0.3) is 0 Å². The Morgan fingerprint density at radius 1 is 1.29 bits per heavy atom. The number of halogens is 1. The minimum Gasteiger partial charge on any atom is -0.444 e. The van der Waals surface area contributed by atoms with E-state index in [1.54, 1.807) is 13.3 Å². The van der Waals surface area contributed by atoms with E-state index in [4.69, 9.17) is 4.42 Å². The number of aliphatic imine (C=N–C) groups is 1. The number of guanidine groups is 1. The molecular formula is C18H27IN4O. The van der Waals surface area contributed by atoms with Crippen molar-refractivity contribution in [2.24, 2.45) is 4.99 Å². The average Bonchev–Trinajstić information content (AvgIpc) is 3.03. The van der Waals surface area contributed by atoms with Gasteiger partial charge in [-0.1, -0.05) is 24.6 Å². The van der Waals surface area contributed by atoms with Gasteiger partial charge in [-0.05, 0) is 32.4 Å². The van der Waals surface area contributed by atoms with E-state index >= 15 is 0 Å². The lowest BCUT2D eigenvalue weighted by Gasteiger charge is -2.15. The molecule has 0 saturated heterocycles. The maximum absolute atomic E-state index is 5.57. The number of benzene rings is 1. The van der Waals surface area contributed by atoms with Gasteiger partial charge in [0, 0.05) is 31.6 Å². The van der Waals surface area contributed by atoms with Gasteiger partial charge in [0.15, 0.2) is 5.96 Å². The predicted molar refractivity (Wildman–Crippen MR) is 110 cm³/mol. The molecule has 6 heteroatoms. The molecule has 0 aliphatic heterocycles. The molecule has 5 nitrogen and oxygen atoms in total. The molecule has 0 fully saturated rings. The van der Waals surface area contributed by atoms with Crippen LogP contribution in [-0.4, -0.2) is 30.6 Å². The van der Waals surface area contributed by atoms with Crippen molar-refractivity contribution in [2.45, 2.75) is 39.7 Å². The van der Waals surface area contributed by atoms with Crippen molar-refractivity contribution in [1.82, 2.24) is 15.6 Å². The zero-order chi connectivity index (χ0) is 16.7. The van der Waals surface area contributed by atoms with Crippen molar-refractivity contribution < 1.29 is 4.42 Å². The Hall–Kier alpha value is -1.57. The Balaban J connectivity index is 0.00000288. The summed E-state index contributed by atoms with van der Waals surface area (Å²) in [5.41, 5.74) is 3.17. The van der Waals surface area contributed by atoms with E-state index in [9.17, 15) is 0 Å². The van der Waals surface area contributed by atoms with Gasteiger partial charge in [-0.2, -0.15) is 0 Å². The number of aromatic nitrogens is 1. The molecule has 0 aliphatic carbocycles. The third-order valence-corrected chi connectivity index (χ3v) is 3.74. The summed E-state index contributed by atoms with van der Waals surface area (Å²) in [7, 11) is 1.78. The Morgan fingerprint density at radius 2 is 2.00 bits per heavy atom. The largest absolute Gasteiger partial charge is 0.444 e. The minimum atomic E-state index is 0. The highest BCUT2D eigenvalue weighted by Crippen LogP contribution is 2.19. The number of nitrogens with one attached hydrogen (secondary N) is 2. The van der Waals surface area contributed by atoms with E-state index in [1.165, 1.54) is 5.56 Å². The van der Waals surface area contributed by atoms with Crippen molar-refractivity contribution in [3.8, 4) is 11.5 Å². The fraction of sp³-hybridized carbons (Fsp3) is 0.444. The minimum absolute atomic E-state index is 0. The van der Waals surface area contributed by atoms with Crippen LogP contribution in [0.15, 0.2) is 39.9 Å². The van der Waals surface area contributed by atoms with Crippen LogP contribution in [-0.2, 0) is 6.42 Å². The molecule has 1 atom stereocenters. The molecule has 1 aromatic heterocycles. The summed E-state index contributed by atoms with van der Waals surface area (Å²) in [5.74, 6) is 1.49. The highest BCUT2D eigenvalue weighted by atomic mass is 127. The summed E-state index contributed by atoms with van der Waals surface area (Å²) >= 11 is 0. The second-order valence-electron chi connectivity index (χ2n) is 5.71. The number of rotatable bonds is 6. The number of nitrogens with zero attached hydrogens (tertiary/aromatic N) is 2. The van der Waals surface area contributed by atoms with Gasteiger partial charge in [-0.15, -0.1) is 24.0 Å².